The van der Waals surface area contributed by atoms with E-state index in [9.17, 15) is 4.79 Å². The van der Waals surface area contributed by atoms with Crippen molar-refractivity contribution in [2.24, 2.45) is 11.5 Å². The van der Waals surface area contributed by atoms with E-state index in [1.165, 1.54) is 23.5 Å². The number of aromatic carboxylic acids is 1. The number of benzene rings is 2. The third-order valence-corrected chi connectivity index (χ3v) is 4.81. The number of thiophene rings is 1. The van der Waals surface area contributed by atoms with E-state index >= 15 is 0 Å². The second kappa shape index (κ2) is 5.78. The molecule has 2 aromatic carbocycles. The number of rotatable bonds is 4. The Hall–Kier alpha value is -3.19. The Morgan fingerprint density at radius 2 is 1.75 bits per heavy atom. The Morgan fingerprint density at radius 1 is 1.00 bits per heavy atom. The van der Waals surface area contributed by atoms with Gasteiger partial charge in [-0.05, 0) is 35.4 Å². The molecule has 0 aliphatic rings. The molecule has 6 nitrogen and oxygen atoms in total. The lowest BCUT2D eigenvalue weighted by atomic mass is 9.94. The quantitative estimate of drug-likeness (QED) is 0.369. The third kappa shape index (κ3) is 2.61. The fourth-order valence-corrected chi connectivity index (χ4v) is 3.51. The minimum absolute atomic E-state index is 0.00448. The monoisotopic (exact) mass is 338 g/mol. The van der Waals surface area contributed by atoms with Gasteiger partial charge in [0.05, 0.1) is 10.4 Å². The molecule has 0 radical (unpaired) electrons. The number of carboxylic acid groups (broad SMARTS) is 1. The van der Waals surface area contributed by atoms with Crippen LogP contribution >= 0.6 is 11.3 Å². The molecule has 0 saturated heterocycles. The summed E-state index contributed by atoms with van der Waals surface area (Å²) >= 11 is 1.41. The van der Waals surface area contributed by atoms with Gasteiger partial charge in [0.2, 0.25) is 0 Å². The van der Waals surface area contributed by atoms with Gasteiger partial charge in [-0.2, -0.15) is 0 Å². The van der Waals surface area contributed by atoms with Gasteiger partial charge in [-0.15, -0.1) is 11.3 Å². The largest absolute Gasteiger partial charge is 0.478 e. The molecule has 0 spiro atoms. The lowest BCUT2D eigenvalue weighted by molar-refractivity contribution is 0.0697. The fraction of sp³-hybridized carbons (Fsp3) is 0. The van der Waals surface area contributed by atoms with Gasteiger partial charge in [-0.3, -0.25) is 10.8 Å². The van der Waals surface area contributed by atoms with Crippen LogP contribution in [0.3, 0.4) is 0 Å². The predicted octanol–water partition coefficient (Wildman–Crippen LogP) is 2.83. The summed E-state index contributed by atoms with van der Waals surface area (Å²) in [7, 11) is 0. The minimum Gasteiger partial charge on any atom is -0.478 e. The fourth-order valence-electron chi connectivity index (χ4n) is 2.56. The predicted molar refractivity (Wildman–Crippen MR) is 96.3 cm³/mol. The first-order chi connectivity index (χ1) is 11.4. The van der Waals surface area contributed by atoms with Crippen LogP contribution in [0.15, 0.2) is 42.5 Å². The number of nitrogens with two attached hydrogens (primary N) is 2. The summed E-state index contributed by atoms with van der Waals surface area (Å²) in [6.07, 6.45) is 0. The smallest absolute Gasteiger partial charge is 0.335 e. The van der Waals surface area contributed by atoms with Crippen LogP contribution in [0, 0.1) is 10.8 Å². The zero-order valence-electron chi connectivity index (χ0n) is 12.5. The Balaban J connectivity index is 2.29. The molecule has 0 bridgehead atoms. The van der Waals surface area contributed by atoms with Gasteiger partial charge in [-0.1, -0.05) is 18.2 Å². The zero-order valence-corrected chi connectivity index (χ0v) is 13.3. The zero-order chi connectivity index (χ0) is 17.4. The van der Waals surface area contributed by atoms with Gasteiger partial charge >= 0.3 is 5.97 Å². The van der Waals surface area contributed by atoms with Crippen LogP contribution in [0.5, 0.6) is 0 Å². The summed E-state index contributed by atoms with van der Waals surface area (Å²) in [5.41, 5.74) is 13.2. The van der Waals surface area contributed by atoms with Crippen molar-refractivity contribution in [1.82, 2.24) is 0 Å². The molecule has 0 fully saturated rings. The summed E-state index contributed by atoms with van der Waals surface area (Å²) in [5, 5.41) is 25.4. The van der Waals surface area contributed by atoms with Crippen molar-refractivity contribution in [3.05, 3.63) is 58.5 Å². The lowest BCUT2D eigenvalue weighted by Crippen LogP contribution is -2.14. The van der Waals surface area contributed by atoms with Gasteiger partial charge in [0.15, 0.2) is 0 Å². The highest BCUT2D eigenvalue weighted by Gasteiger charge is 2.15. The van der Waals surface area contributed by atoms with Crippen molar-refractivity contribution in [2.75, 3.05) is 0 Å². The van der Waals surface area contributed by atoms with E-state index in [0.717, 1.165) is 15.6 Å². The van der Waals surface area contributed by atoms with E-state index in [2.05, 4.69) is 0 Å². The van der Waals surface area contributed by atoms with Crippen LogP contribution < -0.4 is 11.5 Å². The number of carboxylic acids is 1. The molecule has 3 rings (SSSR count). The molecule has 7 N–H and O–H groups in total. The van der Waals surface area contributed by atoms with Crippen LogP contribution in [0.25, 0.3) is 21.2 Å². The molecular formula is C17H14N4O2S. The molecule has 3 aromatic rings. The molecule has 7 heteroatoms. The second-order valence-corrected chi connectivity index (χ2v) is 6.30. The number of nitrogen functional groups attached to an aromatic ring is 2. The van der Waals surface area contributed by atoms with E-state index in [4.69, 9.17) is 27.4 Å². The molecule has 0 saturated carbocycles. The normalized spacial score (nSPS) is 10.7. The van der Waals surface area contributed by atoms with Gasteiger partial charge in [0.25, 0.3) is 0 Å². The van der Waals surface area contributed by atoms with Crippen LogP contribution in [0.4, 0.5) is 0 Å². The average Bonchev–Trinajstić information content (AvgIpc) is 2.98. The number of hydrogen-bond acceptors (Lipinski definition) is 4. The van der Waals surface area contributed by atoms with Crippen LogP contribution in [-0.4, -0.2) is 22.7 Å². The molecule has 0 unspecified atom stereocenters. The van der Waals surface area contributed by atoms with Gasteiger partial charge < -0.3 is 16.6 Å². The first-order valence-corrected chi connectivity index (χ1v) is 7.79. The Bertz CT molecular complexity index is 1010. The first-order valence-electron chi connectivity index (χ1n) is 6.97. The third-order valence-electron chi connectivity index (χ3n) is 3.67. The maximum Gasteiger partial charge on any atom is 0.335 e. The highest BCUT2D eigenvalue weighted by molar-refractivity contribution is 7.20. The Kier molecular flexibility index (Phi) is 3.78. The Labute approximate surface area is 141 Å². The van der Waals surface area contributed by atoms with Crippen LogP contribution in [0.1, 0.15) is 20.8 Å². The topological polar surface area (TPSA) is 137 Å². The Morgan fingerprint density at radius 3 is 2.38 bits per heavy atom. The van der Waals surface area contributed by atoms with Gasteiger partial charge in [0, 0.05) is 15.6 Å². The van der Waals surface area contributed by atoms with Crippen molar-refractivity contribution in [3.8, 4) is 11.1 Å². The van der Waals surface area contributed by atoms with Gasteiger partial charge in [-0.25, -0.2) is 4.79 Å². The van der Waals surface area contributed by atoms with E-state index in [0.29, 0.717) is 16.0 Å². The van der Waals surface area contributed by atoms with Crippen molar-refractivity contribution in [1.29, 1.82) is 10.8 Å². The highest BCUT2D eigenvalue weighted by Crippen LogP contribution is 2.35. The summed E-state index contributed by atoms with van der Waals surface area (Å²) < 4.78 is 0.953. The standard InChI is InChI=1S/C17H14N4O2S/c18-15(19)12-6-8(17(22)23)4-5-10(12)9-2-1-3-13-11(9)7-14(24-13)16(20)21/h1-7H,(H3,18,19)(H3,20,21)(H,22,23). The van der Waals surface area contributed by atoms with Crippen molar-refractivity contribution in [2.45, 2.75) is 0 Å². The number of carbonyl (C=O) groups is 1. The summed E-state index contributed by atoms with van der Waals surface area (Å²) in [4.78, 5) is 11.8. The van der Waals surface area contributed by atoms with E-state index in [1.54, 1.807) is 6.07 Å². The van der Waals surface area contributed by atoms with Crippen LogP contribution in [-0.2, 0) is 0 Å². The molecule has 0 aliphatic carbocycles. The first kappa shape index (κ1) is 15.7. The second-order valence-electron chi connectivity index (χ2n) is 5.22. The molecule has 1 aromatic heterocycles. The molecular weight excluding hydrogens is 324 g/mol. The SMILES string of the molecule is N=C(N)c1cc2c(-c3ccc(C(=O)O)cc3C(=N)N)cccc2s1. The molecule has 1 heterocycles. The van der Waals surface area contributed by atoms with Gasteiger partial charge in [0.1, 0.15) is 11.7 Å². The summed E-state index contributed by atoms with van der Waals surface area (Å²) in [6.45, 7) is 0. The van der Waals surface area contributed by atoms with Crippen LogP contribution in [0.2, 0.25) is 0 Å². The molecule has 0 aliphatic heterocycles. The number of hydrogen-bond donors (Lipinski definition) is 5. The minimum atomic E-state index is -1.07. The summed E-state index contributed by atoms with van der Waals surface area (Å²) in [5.74, 6) is -1.28. The molecule has 0 amide bonds. The maximum atomic E-state index is 11.2. The highest BCUT2D eigenvalue weighted by atomic mass is 32.1. The number of amidine groups is 2. The van der Waals surface area contributed by atoms with E-state index in [1.807, 2.05) is 24.3 Å². The average molecular weight is 338 g/mol. The molecule has 120 valence electrons. The van der Waals surface area contributed by atoms with Crippen molar-refractivity contribution in [3.63, 3.8) is 0 Å². The van der Waals surface area contributed by atoms with E-state index < -0.39 is 5.97 Å². The van der Waals surface area contributed by atoms with Crippen molar-refractivity contribution < 1.29 is 9.90 Å². The molecule has 0 atom stereocenters. The number of nitrogens with one attached hydrogen (secondary N) is 2. The maximum absolute atomic E-state index is 11.2. The van der Waals surface area contributed by atoms with Crippen molar-refractivity contribution >= 4 is 39.1 Å². The number of fused-ring (bicyclic) bond motifs is 1. The lowest BCUT2D eigenvalue weighted by Gasteiger charge is -2.11. The van der Waals surface area contributed by atoms with E-state index in [-0.39, 0.29) is 17.2 Å². The molecule has 24 heavy (non-hydrogen) atoms. The summed E-state index contributed by atoms with van der Waals surface area (Å²) in [6, 6.07) is 12.0.